The molecule has 150 valence electrons. The lowest BCUT2D eigenvalue weighted by atomic mass is 10.1. The second-order valence-corrected chi connectivity index (χ2v) is 6.16. The number of para-hydroxylation sites is 1. The quantitative estimate of drug-likeness (QED) is 0.563. The van der Waals surface area contributed by atoms with Crippen LogP contribution < -0.4 is 14.8 Å². The summed E-state index contributed by atoms with van der Waals surface area (Å²) in [7, 11) is 3.03. The van der Waals surface area contributed by atoms with Gasteiger partial charge in [0.15, 0.2) is 17.2 Å². The van der Waals surface area contributed by atoms with E-state index in [1.165, 1.54) is 14.2 Å². The first-order valence-electron chi connectivity index (χ1n) is 8.84. The number of rotatable bonds is 7. The summed E-state index contributed by atoms with van der Waals surface area (Å²) in [4.78, 5) is 20.6. The number of nitrogens with one attached hydrogen (secondary N) is 1. The number of hydrogen-bond acceptors (Lipinski definition) is 7. The third-order valence-electron chi connectivity index (χ3n) is 4.26. The van der Waals surface area contributed by atoms with Gasteiger partial charge in [0.2, 0.25) is 5.75 Å². The number of amides is 1. The summed E-state index contributed by atoms with van der Waals surface area (Å²) in [5, 5.41) is 22.6. The zero-order chi connectivity index (χ0) is 20.8. The molecule has 1 amide bonds. The van der Waals surface area contributed by atoms with E-state index in [1.807, 2.05) is 30.3 Å². The van der Waals surface area contributed by atoms with E-state index in [0.717, 1.165) is 5.56 Å². The molecule has 0 saturated heterocycles. The average Bonchev–Trinajstić information content (AvgIpc) is 2.74. The maximum atomic E-state index is 12.6. The van der Waals surface area contributed by atoms with Gasteiger partial charge in [-0.3, -0.25) is 4.79 Å². The van der Waals surface area contributed by atoms with Crippen molar-refractivity contribution in [3.05, 3.63) is 71.2 Å². The Hall–Kier alpha value is -3.81. The SMILES string of the molecule is COc1cccc(CNC(=O)c2nc(Cc3ccccc3)nc(O)c2O)c1OC. The van der Waals surface area contributed by atoms with E-state index in [-0.39, 0.29) is 18.1 Å². The molecular formula is C21H21N3O5. The van der Waals surface area contributed by atoms with Crippen LogP contribution in [0, 0.1) is 0 Å². The van der Waals surface area contributed by atoms with Crippen LogP contribution in [0.25, 0.3) is 0 Å². The fourth-order valence-electron chi connectivity index (χ4n) is 2.86. The maximum Gasteiger partial charge on any atom is 0.274 e. The van der Waals surface area contributed by atoms with Crippen molar-refractivity contribution in [2.24, 2.45) is 0 Å². The highest BCUT2D eigenvalue weighted by Gasteiger charge is 2.20. The molecule has 8 heteroatoms. The highest BCUT2D eigenvalue weighted by atomic mass is 16.5. The summed E-state index contributed by atoms with van der Waals surface area (Å²) in [5.41, 5.74) is 1.29. The fourth-order valence-corrected chi connectivity index (χ4v) is 2.86. The van der Waals surface area contributed by atoms with Crippen LogP contribution in [0.15, 0.2) is 48.5 Å². The molecule has 0 unspecified atom stereocenters. The normalized spacial score (nSPS) is 10.4. The highest BCUT2D eigenvalue weighted by Crippen LogP contribution is 2.31. The summed E-state index contributed by atoms with van der Waals surface area (Å²) in [6.45, 7) is 0.109. The third-order valence-corrected chi connectivity index (χ3v) is 4.26. The van der Waals surface area contributed by atoms with Crippen molar-refractivity contribution in [2.45, 2.75) is 13.0 Å². The van der Waals surface area contributed by atoms with E-state index in [4.69, 9.17) is 9.47 Å². The number of hydrogen-bond donors (Lipinski definition) is 3. The van der Waals surface area contributed by atoms with Gasteiger partial charge in [-0.05, 0) is 11.6 Å². The Labute approximate surface area is 167 Å². The Balaban J connectivity index is 1.80. The first-order chi connectivity index (χ1) is 14.0. The molecule has 2 aromatic carbocycles. The summed E-state index contributed by atoms with van der Waals surface area (Å²) in [5.74, 6) is -0.719. The first-order valence-corrected chi connectivity index (χ1v) is 8.84. The van der Waals surface area contributed by atoms with Crippen LogP contribution in [-0.2, 0) is 13.0 Å². The standard InChI is InChI=1S/C21H21N3O5/c1-28-15-10-6-9-14(19(15)29-2)12-22-20(26)17-18(25)21(27)24-16(23-17)11-13-7-4-3-5-8-13/h3-10,25H,11-12H2,1-2H3,(H,22,26)(H,23,24,27). The van der Waals surface area contributed by atoms with Gasteiger partial charge in [-0.1, -0.05) is 42.5 Å². The van der Waals surface area contributed by atoms with Gasteiger partial charge in [0, 0.05) is 18.5 Å². The second kappa shape index (κ2) is 8.92. The van der Waals surface area contributed by atoms with Gasteiger partial charge < -0.3 is 25.0 Å². The van der Waals surface area contributed by atoms with Crippen LogP contribution in [0.2, 0.25) is 0 Å². The van der Waals surface area contributed by atoms with Gasteiger partial charge in [-0.25, -0.2) is 4.98 Å². The summed E-state index contributed by atoms with van der Waals surface area (Å²) in [6, 6.07) is 14.7. The molecule has 3 rings (SSSR count). The third kappa shape index (κ3) is 4.55. The summed E-state index contributed by atoms with van der Waals surface area (Å²) in [6.07, 6.45) is 0.304. The molecule has 0 fully saturated rings. The Kier molecular flexibility index (Phi) is 6.13. The van der Waals surface area contributed by atoms with E-state index in [1.54, 1.807) is 18.2 Å². The van der Waals surface area contributed by atoms with E-state index in [0.29, 0.717) is 23.5 Å². The van der Waals surface area contributed by atoms with E-state index < -0.39 is 17.5 Å². The molecular weight excluding hydrogens is 374 g/mol. The molecule has 29 heavy (non-hydrogen) atoms. The minimum atomic E-state index is -0.670. The molecule has 3 N–H and O–H groups in total. The molecule has 0 bridgehead atoms. The van der Waals surface area contributed by atoms with Gasteiger partial charge in [-0.2, -0.15) is 4.98 Å². The first kappa shape index (κ1) is 19.9. The van der Waals surface area contributed by atoms with Gasteiger partial charge >= 0.3 is 0 Å². The van der Waals surface area contributed by atoms with Crippen molar-refractivity contribution in [2.75, 3.05) is 14.2 Å². The molecule has 0 radical (unpaired) electrons. The number of carbonyl (C=O) groups excluding carboxylic acids is 1. The van der Waals surface area contributed by atoms with Crippen LogP contribution >= 0.6 is 0 Å². The van der Waals surface area contributed by atoms with Crippen molar-refractivity contribution in [3.63, 3.8) is 0 Å². The van der Waals surface area contributed by atoms with Crippen LogP contribution in [-0.4, -0.2) is 40.3 Å². The lowest BCUT2D eigenvalue weighted by Gasteiger charge is -2.13. The Bertz CT molecular complexity index is 1010. The zero-order valence-electron chi connectivity index (χ0n) is 16.0. The highest BCUT2D eigenvalue weighted by molar-refractivity contribution is 5.95. The molecule has 8 nitrogen and oxygen atoms in total. The van der Waals surface area contributed by atoms with Crippen LogP contribution in [0.5, 0.6) is 23.1 Å². The number of ether oxygens (including phenoxy) is 2. The molecule has 0 atom stereocenters. The topological polar surface area (TPSA) is 114 Å². The largest absolute Gasteiger partial charge is 0.501 e. The van der Waals surface area contributed by atoms with Gasteiger partial charge in [0.05, 0.1) is 14.2 Å². The summed E-state index contributed by atoms with van der Waals surface area (Å²) < 4.78 is 10.6. The molecule has 0 aliphatic heterocycles. The maximum absolute atomic E-state index is 12.6. The van der Waals surface area contributed by atoms with E-state index >= 15 is 0 Å². The van der Waals surface area contributed by atoms with Crippen LogP contribution in [0.3, 0.4) is 0 Å². The van der Waals surface area contributed by atoms with Crippen molar-refractivity contribution >= 4 is 5.91 Å². The summed E-state index contributed by atoms with van der Waals surface area (Å²) >= 11 is 0. The second-order valence-electron chi connectivity index (χ2n) is 6.16. The monoisotopic (exact) mass is 395 g/mol. The van der Waals surface area contributed by atoms with Crippen molar-refractivity contribution < 1.29 is 24.5 Å². The number of benzene rings is 2. The molecule has 0 aliphatic carbocycles. The van der Waals surface area contributed by atoms with E-state index in [2.05, 4.69) is 15.3 Å². The molecule has 0 saturated carbocycles. The van der Waals surface area contributed by atoms with Gasteiger partial charge in [0.25, 0.3) is 11.8 Å². The van der Waals surface area contributed by atoms with Crippen molar-refractivity contribution in [1.29, 1.82) is 0 Å². The fraction of sp³-hybridized carbons (Fsp3) is 0.190. The molecule has 3 aromatic rings. The van der Waals surface area contributed by atoms with Gasteiger partial charge in [-0.15, -0.1) is 0 Å². The molecule has 0 spiro atoms. The number of methoxy groups -OCH3 is 2. The lowest BCUT2D eigenvalue weighted by molar-refractivity contribution is 0.0941. The smallest absolute Gasteiger partial charge is 0.274 e. The van der Waals surface area contributed by atoms with Crippen molar-refractivity contribution in [3.8, 4) is 23.1 Å². The predicted octanol–water partition coefficient (Wildman–Crippen LogP) is 2.43. The van der Waals surface area contributed by atoms with Crippen LogP contribution in [0.1, 0.15) is 27.4 Å². The minimum absolute atomic E-state index is 0.109. The Morgan fingerprint density at radius 1 is 1.00 bits per heavy atom. The minimum Gasteiger partial charge on any atom is -0.501 e. The number of aromatic hydroxyl groups is 2. The molecule has 1 aromatic heterocycles. The molecule has 0 aliphatic rings. The van der Waals surface area contributed by atoms with Crippen molar-refractivity contribution in [1.82, 2.24) is 15.3 Å². The molecule has 1 heterocycles. The Morgan fingerprint density at radius 2 is 1.76 bits per heavy atom. The zero-order valence-corrected chi connectivity index (χ0v) is 16.0. The number of carbonyl (C=O) groups is 1. The predicted molar refractivity (Wildman–Crippen MR) is 105 cm³/mol. The average molecular weight is 395 g/mol. The van der Waals surface area contributed by atoms with E-state index in [9.17, 15) is 15.0 Å². The Morgan fingerprint density at radius 3 is 2.45 bits per heavy atom. The van der Waals surface area contributed by atoms with Gasteiger partial charge in [0.1, 0.15) is 5.82 Å². The number of aromatic nitrogens is 2. The van der Waals surface area contributed by atoms with Crippen LogP contribution in [0.4, 0.5) is 0 Å². The lowest BCUT2D eigenvalue weighted by Crippen LogP contribution is -2.25. The number of nitrogens with zero attached hydrogens (tertiary/aromatic N) is 2.